The van der Waals surface area contributed by atoms with Gasteiger partial charge in [0.25, 0.3) is 0 Å². The average molecular weight is 410 g/mol. The third-order valence-corrected chi connectivity index (χ3v) is 4.38. The summed E-state index contributed by atoms with van der Waals surface area (Å²) in [5, 5.41) is 17.7. The van der Waals surface area contributed by atoms with Crippen molar-refractivity contribution >= 4 is 23.2 Å². The fourth-order valence-corrected chi connectivity index (χ4v) is 3.25. The highest BCUT2D eigenvalue weighted by atomic mass is 35.5. The Hall–Kier alpha value is -2.94. The summed E-state index contributed by atoms with van der Waals surface area (Å²) in [7, 11) is 0. The van der Waals surface area contributed by atoms with Gasteiger partial charge in [0.15, 0.2) is 11.4 Å². The number of imidazole rings is 1. The van der Waals surface area contributed by atoms with Crippen molar-refractivity contribution < 1.29 is 13.2 Å². The molecule has 0 spiro atoms. The summed E-state index contributed by atoms with van der Waals surface area (Å²) in [6, 6.07) is 5.25. The number of H-pyrrole nitrogens is 1. The molecule has 0 unspecified atom stereocenters. The molecule has 0 aliphatic heterocycles. The third kappa shape index (κ3) is 3.37. The Kier molecular flexibility index (Phi) is 4.64. The Morgan fingerprint density at radius 1 is 1.11 bits per heavy atom. The highest BCUT2D eigenvalue weighted by Gasteiger charge is 2.32. The highest BCUT2D eigenvalue weighted by Crippen LogP contribution is 2.38. The SMILES string of the molecule is Cc1cn(-c2c(Cl)cc(C(F)(F)F)cc2Cl)cc1-c1nc(C#N)c(C#N)[nH]1. The predicted molar refractivity (Wildman–Crippen MR) is 92.5 cm³/mol. The van der Waals surface area contributed by atoms with Gasteiger partial charge < -0.3 is 9.55 Å². The Morgan fingerprint density at radius 2 is 1.74 bits per heavy atom. The molecule has 0 saturated carbocycles. The first-order valence-corrected chi connectivity index (χ1v) is 8.07. The lowest BCUT2D eigenvalue weighted by Gasteiger charge is -2.13. The molecular weight excluding hydrogens is 402 g/mol. The normalized spacial score (nSPS) is 11.3. The van der Waals surface area contributed by atoms with Gasteiger partial charge in [-0.2, -0.15) is 23.7 Å². The number of hydrogen-bond donors (Lipinski definition) is 1. The molecule has 0 aliphatic carbocycles. The van der Waals surface area contributed by atoms with E-state index in [1.54, 1.807) is 19.3 Å². The van der Waals surface area contributed by atoms with Gasteiger partial charge in [-0.25, -0.2) is 4.98 Å². The smallest absolute Gasteiger partial charge is 0.329 e. The Labute approximate surface area is 161 Å². The molecule has 136 valence electrons. The largest absolute Gasteiger partial charge is 0.416 e. The van der Waals surface area contributed by atoms with Gasteiger partial charge in [-0.1, -0.05) is 23.2 Å². The fraction of sp³-hybridized carbons (Fsp3) is 0.118. The number of benzene rings is 1. The fourth-order valence-electron chi connectivity index (χ4n) is 2.57. The number of halogens is 5. The van der Waals surface area contributed by atoms with Gasteiger partial charge in [0.05, 0.1) is 21.3 Å². The molecule has 0 amide bonds. The topological polar surface area (TPSA) is 81.2 Å². The van der Waals surface area contributed by atoms with E-state index in [1.807, 2.05) is 12.1 Å². The quantitative estimate of drug-likeness (QED) is 0.627. The summed E-state index contributed by atoms with van der Waals surface area (Å²) in [6.45, 7) is 1.73. The van der Waals surface area contributed by atoms with Gasteiger partial charge in [0, 0.05) is 18.0 Å². The zero-order valence-electron chi connectivity index (χ0n) is 13.5. The molecule has 5 nitrogen and oxygen atoms in total. The molecule has 0 saturated heterocycles. The lowest BCUT2D eigenvalue weighted by Crippen LogP contribution is -2.06. The minimum absolute atomic E-state index is 0.0187. The van der Waals surface area contributed by atoms with E-state index in [-0.39, 0.29) is 32.9 Å². The van der Waals surface area contributed by atoms with Gasteiger partial charge in [0.1, 0.15) is 18.0 Å². The molecule has 0 aliphatic rings. The van der Waals surface area contributed by atoms with Gasteiger partial charge >= 0.3 is 6.18 Å². The van der Waals surface area contributed by atoms with E-state index in [2.05, 4.69) is 9.97 Å². The molecule has 2 aromatic heterocycles. The second-order valence-electron chi connectivity index (χ2n) is 5.58. The average Bonchev–Trinajstić information content (AvgIpc) is 3.16. The lowest BCUT2D eigenvalue weighted by atomic mass is 10.2. The van der Waals surface area contributed by atoms with Crippen molar-refractivity contribution in [2.75, 3.05) is 0 Å². The number of aromatic amines is 1. The summed E-state index contributed by atoms with van der Waals surface area (Å²) in [5.74, 6) is 0.276. The van der Waals surface area contributed by atoms with Crippen molar-refractivity contribution in [3.8, 4) is 29.2 Å². The molecule has 10 heteroatoms. The number of nitrogens with zero attached hydrogens (tertiary/aromatic N) is 4. The monoisotopic (exact) mass is 409 g/mol. The molecule has 3 rings (SSSR count). The Bertz CT molecular complexity index is 1070. The zero-order valence-corrected chi connectivity index (χ0v) is 15.0. The maximum atomic E-state index is 12.9. The van der Waals surface area contributed by atoms with Crippen molar-refractivity contribution in [2.24, 2.45) is 0 Å². The van der Waals surface area contributed by atoms with Crippen LogP contribution in [0.2, 0.25) is 10.0 Å². The summed E-state index contributed by atoms with van der Waals surface area (Å²) < 4.78 is 40.1. The molecule has 27 heavy (non-hydrogen) atoms. The lowest BCUT2D eigenvalue weighted by molar-refractivity contribution is -0.137. The Morgan fingerprint density at radius 3 is 2.22 bits per heavy atom. The van der Waals surface area contributed by atoms with Gasteiger partial charge in [-0.15, -0.1) is 0 Å². The number of aryl methyl sites for hydroxylation is 1. The first-order chi connectivity index (χ1) is 12.7. The van der Waals surface area contributed by atoms with Crippen LogP contribution in [0.4, 0.5) is 13.2 Å². The molecule has 0 atom stereocenters. The standard InChI is InChI=1S/C17H8Cl2F3N5/c1-8-6-27(7-10(8)16-25-13(4-23)14(5-24)26-16)15-11(18)2-9(3-12(15)19)17(20,21)22/h2-3,6-7H,1H3,(H,25,26). The highest BCUT2D eigenvalue weighted by molar-refractivity contribution is 6.37. The number of nitrogens with one attached hydrogen (secondary N) is 1. The molecular formula is C17H8Cl2F3N5. The second kappa shape index (κ2) is 6.66. The molecule has 0 bridgehead atoms. The molecule has 2 heterocycles. The van der Waals surface area contributed by atoms with E-state index < -0.39 is 11.7 Å². The van der Waals surface area contributed by atoms with Crippen LogP contribution in [-0.4, -0.2) is 14.5 Å². The molecule has 3 aromatic rings. The van der Waals surface area contributed by atoms with Crippen LogP contribution in [0, 0.1) is 29.6 Å². The summed E-state index contributed by atoms with van der Waals surface area (Å²) in [5.41, 5.74) is 0.419. The maximum absolute atomic E-state index is 12.9. The first kappa shape index (κ1) is 18.8. The van der Waals surface area contributed by atoms with Crippen LogP contribution < -0.4 is 0 Å². The van der Waals surface area contributed by atoms with Crippen LogP contribution in [0.1, 0.15) is 22.5 Å². The van der Waals surface area contributed by atoms with Crippen LogP contribution in [0.15, 0.2) is 24.5 Å². The first-order valence-electron chi connectivity index (χ1n) is 7.31. The summed E-state index contributed by atoms with van der Waals surface area (Å²) in [4.78, 5) is 6.80. The molecule has 0 fully saturated rings. The minimum atomic E-state index is -4.57. The molecule has 0 radical (unpaired) electrons. The molecule has 1 N–H and O–H groups in total. The van der Waals surface area contributed by atoms with Crippen molar-refractivity contribution in [3.63, 3.8) is 0 Å². The van der Waals surface area contributed by atoms with E-state index in [0.717, 1.165) is 12.1 Å². The zero-order chi connectivity index (χ0) is 19.9. The maximum Gasteiger partial charge on any atom is 0.416 e. The summed E-state index contributed by atoms with van der Waals surface area (Å²) >= 11 is 12.1. The predicted octanol–water partition coefficient (Wildman–Crippen LogP) is 5.24. The van der Waals surface area contributed by atoms with Gasteiger partial charge in [-0.3, -0.25) is 0 Å². The van der Waals surface area contributed by atoms with Crippen LogP contribution in [0.5, 0.6) is 0 Å². The van der Waals surface area contributed by atoms with Crippen LogP contribution >= 0.6 is 23.2 Å². The van der Waals surface area contributed by atoms with Gasteiger partial charge in [-0.05, 0) is 24.6 Å². The van der Waals surface area contributed by atoms with Crippen LogP contribution in [0.3, 0.4) is 0 Å². The number of aromatic nitrogens is 3. The van der Waals surface area contributed by atoms with Crippen molar-refractivity contribution in [2.45, 2.75) is 13.1 Å². The second-order valence-corrected chi connectivity index (χ2v) is 6.40. The number of hydrogen-bond acceptors (Lipinski definition) is 3. The number of rotatable bonds is 2. The van der Waals surface area contributed by atoms with E-state index in [4.69, 9.17) is 33.7 Å². The Balaban J connectivity index is 2.12. The van der Waals surface area contributed by atoms with Crippen LogP contribution in [0.25, 0.3) is 17.1 Å². The number of alkyl halides is 3. The summed E-state index contributed by atoms with van der Waals surface area (Å²) in [6.07, 6.45) is -1.41. The third-order valence-electron chi connectivity index (χ3n) is 3.80. The minimum Gasteiger partial charge on any atom is -0.329 e. The van der Waals surface area contributed by atoms with E-state index in [9.17, 15) is 13.2 Å². The van der Waals surface area contributed by atoms with Crippen molar-refractivity contribution in [1.29, 1.82) is 10.5 Å². The van der Waals surface area contributed by atoms with Crippen molar-refractivity contribution in [1.82, 2.24) is 14.5 Å². The van der Waals surface area contributed by atoms with Crippen LogP contribution in [-0.2, 0) is 6.18 Å². The van der Waals surface area contributed by atoms with E-state index >= 15 is 0 Å². The van der Waals surface area contributed by atoms with E-state index in [1.165, 1.54) is 4.57 Å². The van der Waals surface area contributed by atoms with E-state index in [0.29, 0.717) is 11.1 Å². The van der Waals surface area contributed by atoms with Gasteiger partial charge in [0.2, 0.25) is 0 Å². The number of nitriles is 2. The molecule has 1 aromatic carbocycles. The van der Waals surface area contributed by atoms with Crippen molar-refractivity contribution in [3.05, 3.63) is 57.1 Å².